The van der Waals surface area contributed by atoms with E-state index in [1.165, 1.54) is 29.9 Å². The number of fused-ring (bicyclic) bond motifs is 1. The first-order chi connectivity index (χ1) is 16.4. The highest BCUT2D eigenvalue weighted by Crippen LogP contribution is 2.23. The number of carbonyl (C=O) groups is 2. The van der Waals surface area contributed by atoms with Crippen LogP contribution in [0.1, 0.15) is 33.0 Å². The Bertz CT molecular complexity index is 1270. The molecule has 0 radical (unpaired) electrons. The SMILES string of the molecule is COc1cc(=O)n2c(c1C(=O)NCc1nonc1C)CCN(C(=O)Cc1ccc(F)cc1)CC2. The fourth-order valence-corrected chi connectivity index (χ4v) is 3.96. The van der Waals surface area contributed by atoms with Crippen molar-refractivity contribution < 1.29 is 23.3 Å². The molecule has 1 N–H and O–H groups in total. The molecule has 3 heterocycles. The van der Waals surface area contributed by atoms with E-state index in [1.54, 1.807) is 24.0 Å². The van der Waals surface area contributed by atoms with Gasteiger partial charge in [0.15, 0.2) is 0 Å². The molecular formula is C23H24FN5O5. The summed E-state index contributed by atoms with van der Waals surface area (Å²) in [6.07, 6.45) is 0.405. The van der Waals surface area contributed by atoms with E-state index < -0.39 is 5.91 Å². The first-order valence-electron chi connectivity index (χ1n) is 10.8. The fraction of sp³-hybridized carbons (Fsp3) is 0.348. The van der Waals surface area contributed by atoms with Gasteiger partial charge in [-0.15, -0.1) is 0 Å². The Morgan fingerprint density at radius 3 is 2.62 bits per heavy atom. The molecule has 0 saturated heterocycles. The Balaban J connectivity index is 1.55. The molecule has 1 aromatic carbocycles. The molecule has 34 heavy (non-hydrogen) atoms. The third-order valence-corrected chi connectivity index (χ3v) is 5.82. The van der Waals surface area contributed by atoms with E-state index in [1.807, 2.05) is 0 Å². The molecule has 0 aliphatic carbocycles. The predicted octanol–water partition coefficient (Wildman–Crippen LogP) is 1.24. The molecule has 0 spiro atoms. The molecule has 0 fully saturated rings. The predicted molar refractivity (Wildman–Crippen MR) is 118 cm³/mol. The van der Waals surface area contributed by atoms with E-state index in [2.05, 4.69) is 20.3 Å². The van der Waals surface area contributed by atoms with Crippen molar-refractivity contribution in [2.75, 3.05) is 20.2 Å². The molecule has 2 amide bonds. The van der Waals surface area contributed by atoms with Gasteiger partial charge in [-0.3, -0.25) is 14.4 Å². The van der Waals surface area contributed by atoms with Crippen molar-refractivity contribution in [1.82, 2.24) is 25.1 Å². The summed E-state index contributed by atoms with van der Waals surface area (Å²) in [6.45, 7) is 2.67. The lowest BCUT2D eigenvalue weighted by Crippen LogP contribution is -2.35. The number of carbonyl (C=O) groups excluding carboxylic acids is 2. The zero-order chi connectivity index (χ0) is 24.2. The van der Waals surface area contributed by atoms with Gasteiger partial charge in [0.1, 0.15) is 28.5 Å². The number of rotatable bonds is 6. The molecule has 2 aromatic heterocycles. The smallest absolute Gasteiger partial charge is 0.257 e. The lowest BCUT2D eigenvalue weighted by atomic mass is 10.1. The number of pyridine rings is 1. The summed E-state index contributed by atoms with van der Waals surface area (Å²) in [7, 11) is 1.39. The van der Waals surface area contributed by atoms with Gasteiger partial charge in [0.25, 0.3) is 11.5 Å². The monoisotopic (exact) mass is 469 g/mol. The number of halogens is 1. The van der Waals surface area contributed by atoms with E-state index in [-0.39, 0.29) is 54.5 Å². The minimum Gasteiger partial charge on any atom is -0.496 e. The van der Waals surface area contributed by atoms with E-state index in [0.717, 1.165) is 0 Å². The quantitative estimate of drug-likeness (QED) is 0.577. The van der Waals surface area contributed by atoms with Gasteiger partial charge in [-0.05, 0) is 24.6 Å². The third-order valence-electron chi connectivity index (χ3n) is 5.82. The van der Waals surface area contributed by atoms with Gasteiger partial charge in [-0.1, -0.05) is 22.4 Å². The normalized spacial score (nSPS) is 13.2. The largest absolute Gasteiger partial charge is 0.496 e. The van der Waals surface area contributed by atoms with Crippen LogP contribution in [0.3, 0.4) is 0 Å². The lowest BCUT2D eigenvalue weighted by molar-refractivity contribution is -0.130. The van der Waals surface area contributed by atoms with Gasteiger partial charge in [0.2, 0.25) is 5.91 Å². The summed E-state index contributed by atoms with van der Waals surface area (Å²) in [6, 6.07) is 7.05. The molecule has 4 rings (SSSR count). The molecule has 0 unspecified atom stereocenters. The number of nitrogens with one attached hydrogen (secondary N) is 1. The molecular weight excluding hydrogens is 445 g/mol. The molecule has 11 heteroatoms. The van der Waals surface area contributed by atoms with Crippen LogP contribution in [0.4, 0.5) is 4.39 Å². The highest BCUT2D eigenvalue weighted by atomic mass is 19.1. The Labute approximate surface area is 194 Å². The molecule has 0 bridgehead atoms. The number of aryl methyl sites for hydroxylation is 1. The van der Waals surface area contributed by atoms with Crippen LogP contribution < -0.4 is 15.6 Å². The Morgan fingerprint density at radius 1 is 1.18 bits per heavy atom. The Kier molecular flexibility index (Phi) is 6.71. The van der Waals surface area contributed by atoms with Gasteiger partial charge in [-0.25, -0.2) is 9.02 Å². The first-order valence-corrected chi connectivity index (χ1v) is 10.8. The summed E-state index contributed by atoms with van der Waals surface area (Å²) < 4.78 is 24.7. The fourth-order valence-electron chi connectivity index (χ4n) is 3.96. The Hall–Kier alpha value is -4.02. The number of aromatic nitrogens is 3. The van der Waals surface area contributed by atoms with Crippen molar-refractivity contribution in [3.8, 4) is 5.75 Å². The van der Waals surface area contributed by atoms with Crippen molar-refractivity contribution in [3.63, 3.8) is 0 Å². The number of hydrogen-bond donors (Lipinski definition) is 1. The summed E-state index contributed by atoms with van der Waals surface area (Å²) in [5.74, 6) is -0.779. The molecule has 0 saturated carbocycles. The van der Waals surface area contributed by atoms with E-state index in [9.17, 15) is 18.8 Å². The standard InChI is InChI=1S/C23H24FN5O5/c1-14-17(27-34-26-14)13-25-23(32)22-18-7-8-28(9-10-29(18)21(31)12-19(22)33-2)20(30)11-15-3-5-16(24)6-4-15/h3-6,12H,7-11,13H2,1-2H3,(H,25,32). The van der Waals surface area contributed by atoms with E-state index in [0.29, 0.717) is 35.7 Å². The minimum absolute atomic E-state index is 0.0954. The minimum atomic E-state index is -0.436. The summed E-state index contributed by atoms with van der Waals surface area (Å²) >= 11 is 0. The molecule has 3 aromatic rings. The van der Waals surface area contributed by atoms with Crippen molar-refractivity contribution in [1.29, 1.82) is 0 Å². The van der Waals surface area contributed by atoms with Gasteiger partial charge < -0.3 is 19.5 Å². The van der Waals surface area contributed by atoms with Crippen LogP contribution in [0.5, 0.6) is 5.75 Å². The van der Waals surface area contributed by atoms with Crippen molar-refractivity contribution >= 4 is 11.8 Å². The number of methoxy groups -OCH3 is 1. The van der Waals surface area contributed by atoms with Crippen LogP contribution in [0.2, 0.25) is 0 Å². The van der Waals surface area contributed by atoms with Crippen LogP contribution in [0.25, 0.3) is 0 Å². The number of benzene rings is 1. The second-order valence-electron chi connectivity index (χ2n) is 7.94. The van der Waals surface area contributed by atoms with Crippen molar-refractivity contribution in [2.45, 2.75) is 32.9 Å². The van der Waals surface area contributed by atoms with Crippen LogP contribution >= 0.6 is 0 Å². The molecule has 10 nitrogen and oxygen atoms in total. The topological polar surface area (TPSA) is 120 Å². The van der Waals surface area contributed by atoms with E-state index in [4.69, 9.17) is 4.74 Å². The Morgan fingerprint density at radius 2 is 1.94 bits per heavy atom. The molecule has 1 aliphatic rings. The van der Waals surface area contributed by atoms with Gasteiger partial charge >= 0.3 is 0 Å². The van der Waals surface area contributed by atoms with Crippen molar-refractivity contribution in [2.24, 2.45) is 0 Å². The summed E-state index contributed by atoms with van der Waals surface area (Å²) in [5, 5.41) is 10.2. The maximum Gasteiger partial charge on any atom is 0.257 e. The first kappa shape index (κ1) is 23.1. The van der Waals surface area contributed by atoms with Crippen LogP contribution in [0.15, 0.2) is 39.8 Å². The maximum atomic E-state index is 13.2. The van der Waals surface area contributed by atoms with E-state index >= 15 is 0 Å². The van der Waals surface area contributed by atoms with Gasteiger partial charge in [0, 0.05) is 37.8 Å². The third kappa shape index (κ3) is 4.82. The zero-order valence-electron chi connectivity index (χ0n) is 18.8. The van der Waals surface area contributed by atoms with Crippen molar-refractivity contribution in [3.05, 3.63) is 74.7 Å². The van der Waals surface area contributed by atoms with Crippen LogP contribution in [-0.4, -0.2) is 51.8 Å². The average Bonchev–Trinajstić information content (AvgIpc) is 3.10. The summed E-state index contributed by atoms with van der Waals surface area (Å²) in [4.78, 5) is 40.4. The highest BCUT2D eigenvalue weighted by Gasteiger charge is 2.27. The highest BCUT2D eigenvalue weighted by molar-refractivity contribution is 5.98. The molecule has 1 aliphatic heterocycles. The zero-order valence-corrected chi connectivity index (χ0v) is 18.8. The average molecular weight is 469 g/mol. The summed E-state index contributed by atoms with van der Waals surface area (Å²) in [5.41, 5.74) is 2.17. The number of amides is 2. The van der Waals surface area contributed by atoms with Gasteiger partial charge in [-0.2, -0.15) is 0 Å². The van der Waals surface area contributed by atoms with Crippen LogP contribution in [0, 0.1) is 12.7 Å². The van der Waals surface area contributed by atoms with Crippen LogP contribution in [-0.2, 0) is 30.7 Å². The second kappa shape index (κ2) is 9.86. The molecule has 0 atom stereocenters. The molecule has 178 valence electrons. The lowest BCUT2D eigenvalue weighted by Gasteiger charge is -2.20. The number of ether oxygens (including phenoxy) is 1. The maximum absolute atomic E-state index is 13.2. The van der Waals surface area contributed by atoms with Gasteiger partial charge in [0.05, 0.1) is 20.1 Å². The number of nitrogens with zero attached hydrogens (tertiary/aromatic N) is 4. The second-order valence-corrected chi connectivity index (χ2v) is 7.94. The number of hydrogen-bond acceptors (Lipinski definition) is 7.